The number of aromatic nitrogens is 2. The monoisotopic (exact) mass is 421 g/mol. The Labute approximate surface area is 170 Å². The van der Waals surface area contributed by atoms with Crippen LogP contribution < -0.4 is 4.90 Å². The highest BCUT2D eigenvalue weighted by Gasteiger charge is 2.52. The van der Waals surface area contributed by atoms with Crippen LogP contribution in [0.4, 0.5) is 14.5 Å². The summed E-state index contributed by atoms with van der Waals surface area (Å²) in [5.41, 5.74) is 1.55. The lowest BCUT2D eigenvalue weighted by Gasteiger charge is -2.18. The molecule has 4 nitrogen and oxygen atoms in total. The molecular formula is C20H18ClF2N3OS. The Morgan fingerprint density at radius 1 is 1.21 bits per heavy atom. The second-order valence-corrected chi connectivity index (χ2v) is 8.06. The normalized spacial score (nSPS) is 15.4. The number of hydrogen-bond acceptors (Lipinski definition) is 3. The third kappa shape index (κ3) is 3.16. The van der Waals surface area contributed by atoms with Gasteiger partial charge in [0.15, 0.2) is 0 Å². The molecule has 0 fully saturated rings. The number of carbonyl (C=O) groups is 1. The lowest BCUT2D eigenvalue weighted by molar-refractivity contribution is -0.141. The average molecular weight is 422 g/mol. The summed E-state index contributed by atoms with van der Waals surface area (Å²) in [5.74, 6) is -3.19. The lowest BCUT2D eigenvalue weighted by atomic mass is 10.1. The lowest BCUT2D eigenvalue weighted by Crippen LogP contribution is -2.35. The zero-order valence-corrected chi connectivity index (χ0v) is 16.7. The Bertz CT molecular complexity index is 1050. The highest BCUT2D eigenvalue weighted by Crippen LogP contribution is 2.44. The number of fused-ring (bicyclic) bond motifs is 2. The number of thioether (sulfide) groups is 1. The van der Waals surface area contributed by atoms with Crippen LogP contribution in [0, 0.1) is 0 Å². The van der Waals surface area contributed by atoms with E-state index in [2.05, 4.69) is 4.98 Å². The first kappa shape index (κ1) is 19.2. The Balaban J connectivity index is 1.75. The molecule has 0 aliphatic carbocycles. The summed E-state index contributed by atoms with van der Waals surface area (Å²) in [6.45, 7) is 0.672. The van der Waals surface area contributed by atoms with Gasteiger partial charge in [0.2, 0.25) is 0 Å². The molecule has 1 aliphatic heterocycles. The predicted molar refractivity (Wildman–Crippen MR) is 109 cm³/mol. The molecule has 0 radical (unpaired) electrons. The molecule has 0 bridgehead atoms. The number of nitrogens with zero attached hydrogens (tertiary/aromatic N) is 3. The van der Waals surface area contributed by atoms with Crippen LogP contribution in [0.2, 0.25) is 5.02 Å². The summed E-state index contributed by atoms with van der Waals surface area (Å²) in [5, 5.41) is 0.557. The molecule has 0 saturated carbocycles. The van der Waals surface area contributed by atoms with Gasteiger partial charge in [-0.1, -0.05) is 29.8 Å². The number of benzene rings is 2. The van der Waals surface area contributed by atoms with E-state index in [1.807, 2.05) is 16.9 Å². The number of amides is 1. The van der Waals surface area contributed by atoms with Gasteiger partial charge in [-0.25, -0.2) is 4.98 Å². The van der Waals surface area contributed by atoms with Crippen LogP contribution in [0.15, 0.2) is 42.5 Å². The maximum absolute atomic E-state index is 14.5. The molecule has 146 valence electrons. The highest BCUT2D eigenvalue weighted by atomic mass is 35.5. The molecule has 4 rings (SSSR count). The first-order chi connectivity index (χ1) is 13.4. The van der Waals surface area contributed by atoms with Gasteiger partial charge in [-0.3, -0.25) is 9.69 Å². The van der Waals surface area contributed by atoms with E-state index in [0.29, 0.717) is 22.9 Å². The van der Waals surface area contributed by atoms with E-state index in [9.17, 15) is 13.6 Å². The maximum Gasteiger partial charge on any atom is 0.352 e. The largest absolute Gasteiger partial charge is 0.352 e. The zero-order chi connectivity index (χ0) is 19.9. The van der Waals surface area contributed by atoms with Crippen LogP contribution in [0.1, 0.15) is 17.8 Å². The summed E-state index contributed by atoms with van der Waals surface area (Å²) in [4.78, 5) is 18.2. The number of para-hydroxylation sites is 1. The molecule has 0 saturated heterocycles. The van der Waals surface area contributed by atoms with Crippen molar-refractivity contribution in [3.63, 3.8) is 0 Å². The second-order valence-electron chi connectivity index (χ2n) is 6.64. The highest BCUT2D eigenvalue weighted by molar-refractivity contribution is 7.98. The van der Waals surface area contributed by atoms with Crippen molar-refractivity contribution in [2.45, 2.75) is 25.4 Å². The van der Waals surface area contributed by atoms with Crippen molar-refractivity contribution in [3.05, 3.63) is 58.9 Å². The minimum Gasteiger partial charge on any atom is -0.326 e. The molecule has 2 aromatic carbocycles. The topological polar surface area (TPSA) is 38.1 Å². The van der Waals surface area contributed by atoms with E-state index >= 15 is 0 Å². The first-order valence-corrected chi connectivity index (χ1v) is 10.6. The molecule has 2 heterocycles. The minimum atomic E-state index is -3.52. The summed E-state index contributed by atoms with van der Waals surface area (Å²) in [7, 11) is 0. The van der Waals surface area contributed by atoms with Crippen LogP contribution in [0.3, 0.4) is 0 Å². The van der Waals surface area contributed by atoms with Crippen LogP contribution in [0.25, 0.3) is 11.0 Å². The standard InChI is InChI=1S/C20H18ClF2N3OS/c1-28-10-4-9-25-17-8-7-13(21)11-15(17)24-18(25)12-26-16-6-3-2-5-14(16)20(22,23)19(26)27/h2-3,5-8,11H,4,9-10,12H2,1H3. The second kappa shape index (κ2) is 7.37. The Kier molecular flexibility index (Phi) is 5.05. The van der Waals surface area contributed by atoms with E-state index < -0.39 is 11.8 Å². The smallest absolute Gasteiger partial charge is 0.326 e. The van der Waals surface area contributed by atoms with Crippen molar-refractivity contribution >= 4 is 46.0 Å². The van der Waals surface area contributed by atoms with Crippen molar-refractivity contribution in [3.8, 4) is 0 Å². The Morgan fingerprint density at radius 3 is 2.79 bits per heavy atom. The van der Waals surface area contributed by atoms with E-state index in [4.69, 9.17) is 11.6 Å². The zero-order valence-electron chi connectivity index (χ0n) is 15.2. The summed E-state index contributed by atoms with van der Waals surface area (Å²) < 4.78 is 30.9. The Morgan fingerprint density at radius 2 is 2.00 bits per heavy atom. The molecule has 0 N–H and O–H groups in total. The van der Waals surface area contributed by atoms with Crippen LogP contribution in [0.5, 0.6) is 0 Å². The number of rotatable bonds is 6. The van der Waals surface area contributed by atoms with Gasteiger partial charge in [0.25, 0.3) is 0 Å². The van der Waals surface area contributed by atoms with Gasteiger partial charge in [0.05, 0.1) is 28.8 Å². The fraction of sp³-hybridized carbons (Fsp3) is 0.300. The van der Waals surface area contributed by atoms with Crippen LogP contribution in [-0.2, 0) is 23.8 Å². The van der Waals surface area contributed by atoms with Crippen molar-refractivity contribution < 1.29 is 13.6 Å². The van der Waals surface area contributed by atoms with Gasteiger partial charge < -0.3 is 4.57 Å². The quantitative estimate of drug-likeness (QED) is 0.521. The molecule has 1 aliphatic rings. The van der Waals surface area contributed by atoms with Crippen molar-refractivity contribution in [2.75, 3.05) is 16.9 Å². The third-order valence-corrected chi connectivity index (χ3v) is 5.80. The number of halogens is 3. The van der Waals surface area contributed by atoms with Gasteiger partial charge in [0.1, 0.15) is 5.82 Å². The van der Waals surface area contributed by atoms with Gasteiger partial charge in [-0.05, 0) is 42.7 Å². The number of aryl methyl sites for hydroxylation is 1. The SMILES string of the molecule is CSCCCn1c(CN2C(=O)C(F)(F)c3ccccc32)nc2cc(Cl)ccc21. The number of imidazole rings is 1. The molecule has 1 aromatic heterocycles. The molecule has 1 amide bonds. The maximum atomic E-state index is 14.5. The van der Waals surface area contributed by atoms with E-state index in [-0.39, 0.29) is 17.8 Å². The summed E-state index contributed by atoms with van der Waals surface area (Å²) in [6, 6.07) is 11.4. The van der Waals surface area contributed by atoms with Gasteiger partial charge in [-0.15, -0.1) is 0 Å². The number of anilines is 1. The molecular weight excluding hydrogens is 404 g/mol. The Hall–Kier alpha value is -2.12. The third-order valence-electron chi connectivity index (χ3n) is 4.87. The summed E-state index contributed by atoms with van der Waals surface area (Å²) >= 11 is 7.83. The van der Waals surface area contributed by atoms with Gasteiger partial charge >= 0.3 is 11.8 Å². The van der Waals surface area contributed by atoms with E-state index in [0.717, 1.165) is 22.6 Å². The van der Waals surface area contributed by atoms with Gasteiger partial charge in [0, 0.05) is 11.6 Å². The molecule has 28 heavy (non-hydrogen) atoms. The number of hydrogen-bond donors (Lipinski definition) is 0. The number of carbonyl (C=O) groups excluding carboxylic acids is 1. The average Bonchev–Trinajstić information content (AvgIpc) is 3.10. The molecule has 0 spiro atoms. The molecule has 3 aromatic rings. The predicted octanol–water partition coefficient (Wildman–Crippen LogP) is 5.08. The fourth-order valence-corrected chi connectivity index (χ4v) is 4.14. The van der Waals surface area contributed by atoms with Crippen molar-refractivity contribution in [1.29, 1.82) is 0 Å². The molecule has 0 atom stereocenters. The number of alkyl halides is 2. The summed E-state index contributed by atoms with van der Waals surface area (Å²) in [6.07, 6.45) is 2.94. The van der Waals surface area contributed by atoms with Crippen molar-refractivity contribution in [1.82, 2.24) is 9.55 Å². The van der Waals surface area contributed by atoms with Crippen molar-refractivity contribution in [2.24, 2.45) is 0 Å². The molecule has 8 heteroatoms. The first-order valence-electron chi connectivity index (χ1n) is 8.86. The van der Waals surface area contributed by atoms with Crippen LogP contribution >= 0.6 is 23.4 Å². The van der Waals surface area contributed by atoms with Gasteiger partial charge in [-0.2, -0.15) is 20.5 Å². The van der Waals surface area contributed by atoms with E-state index in [1.54, 1.807) is 36.0 Å². The van der Waals surface area contributed by atoms with E-state index in [1.165, 1.54) is 12.1 Å². The minimum absolute atomic E-state index is 0.0169. The van der Waals surface area contributed by atoms with Crippen LogP contribution in [-0.4, -0.2) is 27.5 Å². The fourth-order valence-electron chi connectivity index (χ4n) is 3.56. The molecule has 0 unspecified atom stereocenters.